The predicted molar refractivity (Wildman–Crippen MR) is 80.9 cm³/mol. The molecule has 0 aliphatic heterocycles. The Labute approximate surface area is 121 Å². The minimum atomic E-state index is -0.0724. The average Bonchev–Trinajstić information content (AvgIpc) is 2.49. The third-order valence-electron chi connectivity index (χ3n) is 3.87. The maximum absolute atomic E-state index is 12.2. The molecular formula is C17H22N2O. The van der Waals surface area contributed by atoms with Gasteiger partial charge < -0.3 is 10.6 Å². The van der Waals surface area contributed by atoms with Gasteiger partial charge in [0.2, 0.25) is 0 Å². The second kappa shape index (κ2) is 7.12. The number of nitrogens with zero attached hydrogens (tertiary/aromatic N) is 1. The minimum absolute atomic E-state index is 0.0724. The Morgan fingerprint density at radius 1 is 1.25 bits per heavy atom. The van der Waals surface area contributed by atoms with Gasteiger partial charge >= 0.3 is 0 Å². The van der Waals surface area contributed by atoms with E-state index in [1.54, 1.807) is 0 Å². The smallest absolute Gasteiger partial charge is 0.299 e. The molecule has 2 rings (SSSR count). The van der Waals surface area contributed by atoms with Crippen LogP contribution in [0.25, 0.3) is 0 Å². The minimum Gasteiger partial charge on any atom is -0.329 e. The third-order valence-corrected chi connectivity index (χ3v) is 3.87. The molecule has 1 fully saturated rings. The van der Waals surface area contributed by atoms with Crippen LogP contribution in [0.3, 0.4) is 0 Å². The highest BCUT2D eigenvalue weighted by Crippen LogP contribution is 2.22. The molecule has 1 aromatic rings. The summed E-state index contributed by atoms with van der Waals surface area (Å²) >= 11 is 0. The zero-order valence-electron chi connectivity index (χ0n) is 12.0. The van der Waals surface area contributed by atoms with Crippen molar-refractivity contribution in [2.75, 3.05) is 6.54 Å². The summed E-state index contributed by atoms with van der Waals surface area (Å²) in [6.45, 7) is 2.72. The summed E-state index contributed by atoms with van der Waals surface area (Å²) in [4.78, 5) is 14.1. The Bertz CT molecular complexity index is 493. The zero-order chi connectivity index (χ0) is 14.4. The molecule has 1 aliphatic rings. The van der Waals surface area contributed by atoms with Gasteiger partial charge in [-0.3, -0.25) is 4.79 Å². The summed E-state index contributed by atoms with van der Waals surface area (Å²) in [5.41, 5.74) is 6.80. The monoisotopic (exact) mass is 270 g/mol. The summed E-state index contributed by atoms with van der Waals surface area (Å²) in [6, 6.07) is 10.2. The second-order valence-electron chi connectivity index (χ2n) is 5.28. The first-order chi connectivity index (χ1) is 9.70. The van der Waals surface area contributed by atoms with E-state index in [2.05, 4.69) is 11.8 Å². The van der Waals surface area contributed by atoms with Gasteiger partial charge in [0.15, 0.2) is 0 Å². The first-order valence-electron chi connectivity index (χ1n) is 7.34. The van der Waals surface area contributed by atoms with Gasteiger partial charge in [0.1, 0.15) is 0 Å². The largest absolute Gasteiger partial charge is 0.329 e. The number of hydrogen-bond acceptors (Lipinski definition) is 2. The highest BCUT2D eigenvalue weighted by atomic mass is 16.2. The van der Waals surface area contributed by atoms with E-state index >= 15 is 0 Å². The van der Waals surface area contributed by atoms with Crippen LogP contribution in [0.15, 0.2) is 30.3 Å². The van der Waals surface area contributed by atoms with Crippen LogP contribution < -0.4 is 5.73 Å². The van der Waals surface area contributed by atoms with Gasteiger partial charge in [-0.05, 0) is 44.7 Å². The van der Waals surface area contributed by atoms with Gasteiger partial charge in [0.25, 0.3) is 5.91 Å². The fourth-order valence-corrected chi connectivity index (χ4v) is 2.70. The van der Waals surface area contributed by atoms with Crippen molar-refractivity contribution in [3.05, 3.63) is 35.9 Å². The van der Waals surface area contributed by atoms with Gasteiger partial charge in [-0.25, -0.2) is 0 Å². The fourth-order valence-electron chi connectivity index (χ4n) is 2.70. The lowest BCUT2D eigenvalue weighted by atomic mass is 9.90. The molecule has 0 unspecified atom stereocenters. The van der Waals surface area contributed by atoms with E-state index in [0.717, 1.165) is 31.2 Å². The lowest BCUT2D eigenvalue weighted by Crippen LogP contribution is -2.43. The normalized spacial score (nSPS) is 21.7. The SMILES string of the molecule is CCN(C(=O)C#Cc1ccccc1)C1CCC(N)CC1. The van der Waals surface area contributed by atoms with Crippen LogP contribution in [0.2, 0.25) is 0 Å². The predicted octanol–water partition coefficient (Wildman–Crippen LogP) is 2.16. The van der Waals surface area contributed by atoms with E-state index in [-0.39, 0.29) is 5.91 Å². The van der Waals surface area contributed by atoms with Gasteiger partial charge in [-0.1, -0.05) is 24.1 Å². The molecule has 0 atom stereocenters. The summed E-state index contributed by atoms with van der Waals surface area (Å²) in [5, 5.41) is 0. The van der Waals surface area contributed by atoms with Crippen molar-refractivity contribution >= 4 is 5.91 Å². The first-order valence-corrected chi connectivity index (χ1v) is 7.34. The standard InChI is InChI=1S/C17H22N2O/c1-2-19(16-11-9-15(18)10-12-16)17(20)13-8-14-6-4-3-5-7-14/h3-7,15-16H,2,9-12,18H2,1H3. The highest BCUT2D eigenvalue weighted by molar-refractivity contribution is 5.94. The van der Waals surface area contributed by atoms with Gasteiger partial charge in [-0.2, -0.15) is 0 Å². The molecule has 1 saturated carbocycles. The van der Waals surface area contributed by atoms with E-state index < -0.39 is 0 Å². The molecular weight excluding hydrogens is 248 g/mol. The Balaban J connectivity index is 2.01. The van der Waals surface area contributed by atoms with Crippen LogP contribution in [0.1, 0.15) is 38.2 Å². The Morgan fingerprint density at radius 3 is 2.50 bits per heavy atom. The quantitative estimate of drug-likeness (QED) is 0.837. The molecule has 106 valence electrons. The molecule has 0 radical (unpaired) electrons. The molecule has 1 amide bonds. The summed E-state index contributed by atoms with van der Waals surface area (Å²) in [5.74, 6) is 5.63. The summed E-state index contributed by atoms with van der Waals surface area (Å²) < 4.78 is 0. The number of carbonyl (C=O) groups is 1. The molecule has 0 saturated heterocycles. The van der Waals surface area contributed by atoms with Crippen molar-refractivity contribution in [1.29, 1.82) is 0 Å². The van der Waals surface area contributed by atoms with Crippen molar-refractivity contribution < 1.29 is 4.79 Å². The number of hydrogen-bond donors (Lipinski definition) is 1. The van der Waals surface area contributed by atoms with Crippen LogP contribution in [0.4, 0.5) is 0 Å². The number of nitrogens with two attached hydrogens (primary N) is 1. The zero-order valence-corrected chi connectivity index (χ0v) is 12.0. The molecule has 0 spiro atoms. The van der Waals surface area contributed by atoms with Gasteiger partial charge in [0.05, 0.1) is 0 Å². The Kier molecular flexibility index (Phi) is 5.20. The van der Waals surface area contributed by atoms with Crippen LogP contribution in [-0.2, 0) is 4.79 Å². The van der Waals surface area contributed by atoms with Crippen molar-refractivity contribution in [3.63, 3.8) is 0 Å². The maximum Gasteiger partial charge on any atom is 0.299 e. The van der Waals surface area contributed by atoms with Crippen molar-refractivity contribution in [2.24, 2.45) is 5.73 Å². The van der Waals surface area contributed by atoms with E-state index in [4.69, 9.17) is 5.73 Å². The molecule has 3 heteroatoms. The fraction of sp³-hybridized carbons (Fsp3) is 0.471. The number of carbonyl (C=O) groups excluding carboxylic acids is 1. The van der Waals surface area contributed by atoms with Gasteiger partial charge in [0, 0.05) is 30.1 Å². The van der Waals surface area contributed by atoms with E-state index in [0.29, 0.717) is 18.6 Å². The van der Waals surface area contributed by atoms with Crippen LogP contribution >= 0.6 is 0 Å². The Hall–Kier alpha value is -1.79. The number of rotatable bonds is 2. The summed E-state index contributed by atoms with van der Waals surface area (Å²) in [6.07, 6.45) is 3.99. The number of benzene rings is 1. The molecule has 1 aromatic carbocycles. The van der Waals surface area contributed by atoms with Crippen molar-refractivity contribution in [2.45, 2.75) is 44.7 Å². The van der Waals surface area contributed by atoms with Gasteiger partial charge in [-0.15, -0.1) is 0 Å². The van der Waals surface area contributed by atoms with E-state index in [1.165, 1.54) is 0 Å². The van der Waals surface area contributed by atoms with Crippen LogP contribution in [-0.4, -0.2) is 29.4 Å². The lowest BCUT2D eigenvalue weighted by Gasteiger charge is -2.34. The molecule has 1 aliphatic carbocycles. The third kappa shape index (κ3) is 3.85. The topological polar surface area (TPSA) is 46.3 Å². The maximum atomic E-state index is 12.2. The van der Waals surface area contributed by atoms with Crippen LogP contribution in [0.5, 0.6) is 0 Å². The van der Waals surface area contributed by atoms with E-state index in [9.17, 15) is 4.79 Å². The number of amides is 1. The second-order valence-corrected chi connectivity index (χ2v) is 5.28. The molecule has 0 aromatic heterocycles. The molecule has 0 bridgehead atoms. The highest BCUT2D eigenvalue weighted by Gasteiger charge is 2.25. The molecule has 2 N–H and O–H groups in total. The Morgan fingerprint density at radius 2 is 1.90 bits per heavy atom. The lowest BCUT2D eigenvalue weighted by molar-refractivity contribution is -0.127. The first kappa shape index (κ1) is 14.6. The van der Waals surface area contributed by atoms with Crippen molar-refractivity contribution in [1.82, 2.24) is 4.90 Å². The molecule has 0 heterocycles. The molecule has 3 nitrogen and oxygen atoms in total. The van der Waals surface area contributed by atoms with Crippen LogP contribution in [0, 0.1) is 11.8 Å². The average molecular weight is 270 g/mol. The summed E-state index contributed by atoms with van der Waals surface area (Å²) in [7, 11) is 0. The van der Waals surface area contributed by atoms with Crippen molar-refractivity contribution in [3.8, 4) is 11.8 Å². The van der Waals surface area contributed by atoms with E-state index in [1.807, 2.05) is 42.2 Å². The molecule has 20 heavy (non-hydrogen) atoms.